The van der Waals surface area contributed by atoms with Crippen molar-refractivity contribution in [2.24, 2.45) is 5.92 Å². The SMILES string of the molecule is COc1ccc(C=CC2CCN(C(=O)O)CC2)cc1[N+](=O)[O-]. The van der Waals surface area contributed by atoms with E-state index in [2.05, 4.69) is 0 Å². The maximum atomic E-state index is 11.0. The zero-order valence-electron chi connectivity index (χ0n) is 12.3. The van der Waals surface area contributed by atoms with Crippen molar-refractivity contribution >= 4 is 17.9 Å². The van der Waals surface area contributed by atoms with Gasteiger partial charge in [0.25, 0.3) is 0 Å². The number of methoxy groups -OCH3 is 1. The van der Waals surface area contributed by atoms with Gasteiger partial charge in [0.15, 0.2) is 5.75 Å². The number of ether oxygens (including phenoxy) is 1. The number of likely N-dealkylation sites (tertiary alicyclic amines) is 1. The predicted molar refractivity (Wildman–Crippen MR) is 81.0 cm³/mol. The highest BCUT2D eigenvalue weighted by atomic mass is 16.6. The zero-order chi connectivity index (χ0) is 16.1. The Labute approximate surface area is 128 Å². The van der Waals surface area contributed by atoms with Crippen LogP contribution in [0.2, 0.25) is 0 Å². The molecule has 7 heteroatoms. The van der Waals surface area contributed by atoms with E-state index in [1.807, 2.05) is 12.2 Å². The van der Waals surface area contributed by atoms with E-state index < -0.39 is 11.0 Å². The summed E-state index contributed by atoms with van der Waals surface area (Å²) in [4.78, 5) is 22.7. The average molecular weight is 306 g/mol. The number of piperidine rings is 1. The molecule has 0 radical (unpaired) electrons. The van der Waals surface area contributed by atoms with Crippen molar-refractivity contribution in [1.82, 2.24) is 4.90 Å². The van der Waals surface area contributed by atoms with E-state index in [0.717, 1.165) is 18.4 Å². The highest BCUT2D eigenvalue weighted by molar-refractivity contribution is 5.65. The van der Waals surface area contributed by atoms with Crippen LogP contribution >= 0.6 is 0 Å². The molecule has 0 aliphatic carbocycles. The number of allylic oxidation sites excluding steroid dienone is 1. The molecule has 22 heavy (non-hydrogen) atoms. The minimum atomic E-state index is -0.881. The van der Waals surface area contributed by atoms with Crippen molar-refractivity contribution in [2.45, 2.75) is 12.8 Å². The fraction of sp³-hybridized carbons (Fsp3) is 0.400. The molecule has 1 aliphatic rings. The van der Waals surface area contributed by atoms with E-state index in [-0.39, 0.29) is 17.4 Å². The molecule has 1 aliphatic heterocycles. The molecule has 7 nitrogen and oxygen atoms in total. The van der Waals surface area contributed by atoms with Crippen molar-refractivity contribution in [3.8, 4) is 5.75 Å². The van der Waals surface area contributed by atoms with Crippen molar-refractivity contribution in [1.29, 1.82) is 0 Å². The Morgan fingerprint density at radius 3 is 2.68 bits per heavy atom. The minimum absolute atomic E-state index is 0.0645. The van der Waals surface area contributed by atoms with Crippen molar-refractivity contribution in [3.63, 3.8) is 0 Å². The zero-order valence-corrected chi connectivity index (χ0v) is 12.3. The van der Waals surface area contributed by atoms with Crippen molar-refractivity contribution in [2.75, 3.05) is 20.2 Å². The van der Waals surface area contributed by atoms with Gasteiger partial charge in [-0.1, -0.05) is 18.2 Å². The third-order valence-electron chi connectivity index (χ3n) is 3.77. The molecule has 1 N–H and O–H groups in total. The van der Waals surface area contributed by atoms with Crippen LogP contribution in [0, 0.1) is 16.0 Å². The molecule has 1 heterocycles. The molecule has 2 rings (SSSR count). The van der Waals surface area contributed by atoms with E-state index >= 15 is 0 Å². The van der Waals surface area contributed by atoms with E-state index in [1.54, 1.807) is 12.1 Å². The van der Waals surface area contributed by atoms with Crippen LogP contribution in [0.1, 0.15) is 18.4 Å². The van der Waals surface area contributed by atoms with Gasteiger partial charge in [0, 0.05) is 19.2 Å². The van der Waals surface area contributed by atoms with Crippen LogP contribution in [0.5, 0.6) is 5.75 Å². The van der Waals surface area contributed by atoms with Crippen LogP contribution in [-0.4, -0.2) is 41.2 Å². The number of nitro benzene ring substituents is 1. The van der Waals surface area contributed by atoms with Crippen LogP contribution in [-0.2, 0) is 0 Å². The lowest BCUT2D eigenvalue weighted by Crippen LogP contribution is -2.36. The first-order valence-electron chi connectivity index (χ1n) is 6.99. The van der Waals surface area contributed by atoms with E-state index in [4.69, 9.17) is 9.84 Å². The lowest BCUT2D eigenvalue weighted by Gasteiger charge is -2.28. The van der Waals surface area contributed by atoms with Gasteiger partial charge in [0.1, 0.15) is 0 Å². The summed E-state index contributed by atoms with van der Waals surface area (Å²) in [6, 6.07) is 4.81. The smallest absolute Gasteiger partial charge is 0.407 e. The summed E-state index contributed by atoms with van der Waals surface area (Å²) >= 11 is 0. The molecule has 1 aromatic carbocycles. The fourth-order valence-electron chi connectivity index (χ4n) is 2.48. The molecular weight excluding hydrogens is 288 g/mol. The number of benzene rings is 1. The number of hydrogen-bond acceptors (Lipinski definition) is 4. The Morgan fingerprint density at radius 2 is 2.14 bits per heavy atom. The van der Waals surface area contributed by atoms with Gasteiger partial charge in [-0.15, -0.1) is 0 Å². The van der Waals surface area contributed by atoms with Crippen LogP contribution in [0.3, 0.4) is 0 Å². The number of rotatable bonds is 4. The molecule has 1 fully saturated rings. The molecule has 1 amide bonds. The first-order chi connectivity index (χ1) is 10.5. The number of hydrogen-bond donors (Lipinski definition) is 1. The van der Waals surface area contributed by atoms with Gasteiger partial charge in [-0.05, 0) is 30.4 Å². The van der Waals surface area contributed by atoms with Gasteiger partial charge in [0.2, 0.25) is 0 Å². The monoisotopic (exact) mass is 306 g/mol. The first kappa shape index (κ1) is 15.8. The second-order valence-corrected chi connectivity index (χ2v) is 5.15. The fourth-order valence-corrected chi connectivity index (χ4v) is 2.48. The summed E-state index contributed by atoms with van der Waals surface area (Å²) in [7, 11) is 1.40. The van der Waals surface area contributed by atoms with E-state index in [1.165, 1.54) is 18.1 Å². The maximum Gasteiger partial charge on any atom is 0.407 e. The quantitative estimate of drug-likeness (QED) is 0.681. The van der Waals surface area contributed by atoms with Crippen LogP contribution in [0.4, 0.5) is 10.5 Å². The summed E-state index contributed by atoms with van der Waals surface area (Å²) in [5.74, 6) is 0.522. The summed E-state index contributed by atoms with van der Waals surface area (Å²) in [5.41, 5.74) is 0.665. The molecule has 0 atom stereocenters. The standard InChI is InChI=1S/C15H18N2O5/c1-22-14-5-4-12(10-13(14)17(20)21)3-2-11-6-8-16(9-7-11)15(18)19/h2-5,10-11H,6-9H2,1H3,(H,18,19). The largest absolute Gasteiger partial charge is 0.490 e. The van der Waals surface area contributed by atoms with Gasteiger partial charge >= 0.3 is 11.8 Å². The minimum Gasteiger partial charge on any atom is -0.490 e. The Kier molecular flexibility index (Phi) is 4.98. The molecule has 1 saturated heterocycles. The normalized spacial score (nSPS) is 16.0. The Morgan fingerprint density at radius 1 is 1.45 bits per heavy atom. The number of nitrogens with zero attached hydrogens (tertiary/aromatic N) is 2. The van der Waals surface area contributed by atoms with Gasteiger partial charge < -0.3 is 14.7 Å². The Hall–Kier alpha value is -2.57. The van der Waals surface area contributed by atoms with Gasteiger partial charge in [0.05, 0.1) is 12.0 Å². The molecule has 0 bridgehead atoms. The van der Waals surface area contributed by atoms with Gasteiger partial charge in [-0.3, -0.25) is 10.1 Å². The van der Waals surface area contributed by atoms with Crippen LogP contribution in [0.15, 0.2) is 24.3 Å². The van der Waals surface area contributed by atoms with Crippen LogP contribution < -0.4 is 4.74 Å². The molecule has 0 spiro atoms. The maximum absolute atomic E-state index is 11.0. The molecule has 0 unspecified atom stereocenters. The lowest BCUT2D eigenvalue weighted by molar-refractivity contribution is -0.385. The summed E-state index contributed by atoms with van der Waals surface area (Å²) in [6.07, 6.45) is 4.48. The van der Waals surface area contributed by atoms with Gasteiger partial charge in [-0.2, -0.15) is 0 Å². The summed E-state index contributed by atoms with van der Waals surface area (Å²) in [6.45, 7) is 1.04. The number of nitro groups is 1. The van der Waals surface area contributed by atoms with Crippen molar-refractivity contribution < 1.29 is 19.6 Å². The summed E-state index contributed by atoms with van der Waals surface area (Å²) in [5, 5.41) is 19.9. The lowest BCUT2D eigenvalue weighted by atomic mass is 9.96. The number of amides is 1. The number of carboxylic acid groups (broad SMARTS) is 1. The second kappa shape index (κ2) is 6.93. The topological polar surface area (TPSA) is 92.9 Å². The summed E-state index contributed by atoms with van der Waals surface area (Å²) < 4.78 is 4.96. The third-order valence-corrected chi connectivity index (χ3v) is 3.77. The van der Waals surface area contributed by atoms with Crippen molar-refractivity contribution in [3.05, 3.63) is 40.0 Å². The predicted octanol–water partition coefficient (Wildman–Crippen LogP) is 3.01. The molecule has 118 valence electrons. The molecule has 0 saturated carbocycles. The highest BCUT2D eigenvalue weighted by Gasteiger charge is 2.20. The van der Waals surface area contributed by atoms with E-state index in [9.17, 15) is 14.9 Å². The Bertz CT molecular complexity index is 592. The molecular formula is C15H18N2O5. The second-order valence-electron chi connectivity index (χ2n) is 5.15. The Balaban J connectivity index is 2.03. The average Bonchev–Trinajstić information content (AvgIpc) is 2.53. The third kappa shape index (κ3) is 3.75. The van der Waals surface area contributed by atoms with Gasteiger partial charge in [-0.25, -0.2) is 4.79 Å². The number of carbonyl (C=O) groups is 1. The molecule has 0 aromatic heterocycles. The van der Waals surface area contributed by atoms with Crippen LogP contribution in [0.25, 0.3) is 6.08 Å². The molecule has 1 aromatic rings. The first-order valence-corrected chi connectivity index (χ1v) is 6.99. The van der Waals surface area contributed by atoms with E-state index in [0.29, 0.717) is 13.1 Å². The highest BCUT2D eigenvalue weighted by Crippen LogP contribution is 2.28.